The molecule has 2 aromatic carbocycles. The highest BCUT2D eigenvalue weighted by atomic mass is 79.9. The van der Waals surface area contributed by atoms with Crippen molar-refractivity contribution in [2.75, 3.05) is 0 Å². The van der Waals surface area contributed by atoms with Crippen LogP contribution in [0.15, 0.2) is 53.0 Å². The van der Waals surface area contributed by atoms with E-state index in [1.54, 1.807) is 36.4 Å². The Labute approximate surface area is 146 Å². The van der Waals surface area contributed by atoms with E-state index in [0.29, 0.717) is 10.2 Å². The zero-order valence-electron chi connectivity index (χ0n) is 10.2. The third-order valence-corrected chi connectivity index (χ3v) is 2.60. The molecule has 2 nitrogen and oxygen atoms in total. The quantitative estimate of drug-likeness (QED) is 0.340. The fourth-order valence-corrected chi connectivity index (χ4v) is 1.64. The summed E-state index contributed by atoms with van der Waals surface area (Å²) in [4.78, 5) is 11.7. The molecule has 0 unspecified atom stereocenters. The Morgan fingerprint density at radius 1 is 1.10 bits per heavy atom. The first-order chi connectivity index (χ1) is 9.58. The average Bonchev–Trinajstić information content (AvgIpc) is 2.40. The van der Waals surface area contributed by atoms with E-state index in [4.69, 9.17) is 4.74 Å². The molecule has 0 heterocycles. The Morgan fingerprint density at radius 3 is 2.25 bits per heavy atom. The number of carbonyl (C=O) groups is 1. The predicted molar refractivity (Wildman–Crippen MR) is 89.1 cm³/mol. The van der Waals surface area contributed by atoms with Crippen LogP contribution in [0.25, 0.3) is 0 Å². The van der Waals surface area contributed by atoms with E-state index in [2.05, 4.69) is 41.7 Å². The Kier molecular flexibility index (Phi) is 8.95. The van der Waals surface area contributed by atoms with Crippen molar-refractivity contribution in [1.29, 1.82) is 0 Å². The van der Waals surface area contributed by atoms with Crippen LogP contribution < -0.4 is 4.74 Å². The van der Waals surface area contributed by atoms with Gasteiger partial charge in [0.2, 0.25) is 0 Å². The van der Waals surface area contributed by atoms with Crippen LogP contribution in [0.1, 0.15) is 10.4 Å². The molecule has 7 heteroatoms. The lowest BCUT2D eigenvalue weighted by Gasteiger charge is -2.05. The summed E-state index contributed by atoms with van der Waals surface area (Å²) in [5, 5.41) is 0. The van der Waals surface area contributed by atoms with Crippen LogP contribution in [-0.4, -0.2) is 22.0 Å². The number of para-hydroxylation sites is 1. The molecule has 0 saturated heterocycles. The number of benzene rings is 2. The Hall–Kier alpha value is 0.0462. The molecule has 0 aromatic heterocycles. The van der Waals surface area contributed by atoms with Crippen molar-refractivity contribution in [3.63, 3.8) is 0 Å². The van der Waals surface area contributed by atoms with E-state index < -0.39 is 11.8 Å². The monoisotopic (exact) mass is 476 g/mol. The lowest BCUT2D eigenvalue weighted by Crippen LogP contribution is -2.10. The van der Waals surface area contributed by atoms with Crippen molar-refractivity contribution in [1.82, 2.24) is 0 Å². The van der Waals surface area contributed by atoms with Gasteiger partial charge in [-0.1, -0.05) is 34.1 Å². The second-order valence-electron chi connectivity index (χ2n) is 3.43. The minimum Gasteiger partial charge on any atom is -0.423 e. The first-order valence-corrected chi connectivity index (χ1v) is 14.0. The van der Waals surface area contributed by atoms with E-state index >= 15 is 0 Å². The Morgan fingerprint density at radius 2 is 1.70 bits per heavy atom. The van der Waals surface area contributed by atoms with Crippen molar-refractivity contribution >= 4 is 63.7 Å². The molecular weight excluding hydrogens is 471 g/mol. The van der Waals surface area contributed by atoms with Crippen LogP contribution in [0.5, 0.6) is 5.75 Å². The molecule has 0 aliphatic rings. The summed E-state index contributed by atoms with van der Waals surface area (Å²) in [5.41, 5.74) is -0.0861. The number of halogens is 4. The van der Waals surface area contributed by atoms with Crippen molar-refractivity contribution in [2.24, 2.45) is 0 Å². The normalized spacial score (nSPS) is 9.00. The topological polar surface area (TPSA) is 26.3 Å². The second-order valence-corrected chi connectivity index (χ2v) is 12.4. The van der Waals surface area contributed by atoms with Crippen LogP contribution >= 0.6 is 41.7 Å². The molecule has 0 bridgehead atoms. The summed E-state index contributed by atoms with van der Waals surface area (Å²) in [6, 6.07) is 12.7. The largest absolute Gasteiger partial charge is 0.560 e. The summed E-state index contributed by atoms with van der Waals surface area (Å²) in [6.45, 7) is 0. The molecule has 2 rings (SSSR count). The highest BCUT2D eigenvalue weighted by Gasteiger charge is 2.13. The zero-order valence-corrected chi connectivity index (χ0v) is 16.3. The lowest BCUT2D eigenvalue weighted by molar-refractivity contribution is 0.0730. The van der Waals surface area contributed by atoms with Gasteiger partial charge < -0.3 is 4.74 Å². The zero-order chi connectivity index (χ0) is 15.0. The average molecular weight is 479 g/mol. The third kappa shape index (κ3) is 6.22. The maximum atomic E-state index is 13.5. The van der Waals surface area contributed by atoms with E-state index in [1.807, 2.05) is 0 Å². The smallest absolute Gasteiger partial charge is 0.423 e. The van der Waals surface area contributed by atoms with Gasteiger partial charge in [-0.2, -0.15) is 0 Å². The van der Waals surface area contributed by atoms with E-state index in [9.17, 15) is 9.18 Å². The number of carbonyl (C=O) groups excluding carboxylic acids is 1. The van der Waals surface area contributed by atoms with Crippen LogP contribution in [0, 0.1) is 5.82 Å². The van der Waals surface area contributed by atoms with Crippen LogP contribution in [0.3, 0.4) is 0 Å². The number of hydrogen-bond donors (Lipinski definition) is 0. The highest BCUT2D eigenvalue weighted by Crippen LogP contribution is 2.17. The van der Waals surface area contributed by atoms with Crippen LogP contribution in [-0.2, 0) is 0 Å². The number of rotatable bonds is 2. The standard InChI is InChI=1S/C13H8BrFO2.2BrH.Mg/c14-9-6-7-11(12(15)8-9)13(16)17-10-4-2-1-3-5-10;;;/h1-8H;2*1H;/q;;;+2/p-2. The number of hydrogen-bond acceptors (Lipinski definition) is 2. The van der Waals surface area contributed by atoms with E-state index in [-0.39, 0.29) is 21.6 Å². The van der Waals surface area contributed by atoms with E-state index in [0.717, 1.165) is 0 Å². The molecule has 2 aromatic rings. The SMILES string of the molecule is O=C(Oc1ccccc1)c1ccc(Br)cc1F.[Br][Mg][Br]. The molecule has 0 aliphatic heterocycles. The van der Waals surface area contributed by atoms with Gasteiger partial charge in [0.25, 0.3) is 0 Å². The van der Waals surface area contributed by atoms with Crippen molar-refractivity contribution in [2.45, 2.75) is 0 Å². The first-order valence-electron chi connectivity index (χ1n) is 5.42. The Balaban J connectivity index is 0.000000612. The molecule has 102 valence electrons. The third-order valence-electron chi connectivity index (χ3n) is 2.10. The molecule has 0 radical (unpaired) electrons. The van der Waals surface area contributed by atoms with Gasteiger partial charge in [0, 0.05) is 4.47 Å². The molecule has 20 heavy (non-hydrogen) atoms. The van der Waals surface area contributed by atoms with Gasteiger partial charge in [-0.05, 0) is 30.3 Å². The first kappa shape index (κ1) is 18.1. The van der Waals surface area contributed by atoms with Gasteiger partial charge in [-0.25, -0.2) is 9.18 Å². The van der Waals surface area contributed by atoms with Gasteiger partial charge >= 0.3 is 22.0 Å². The van der Waals surface area contributed by atoms with Gasteiger partial charge in [0.1, 0.15) is 11.6 Å². The second kappa shape index (κ2) is 9.89. The van der Waals surface area contributed by atoms with Gasteiger partial charge in [-0.15, -0.1) is 0 Å². The molecule has 0 atom stereocenters. The van der Waals surface area contributed by atoms with Crippen LogP contribution in [0.2, 0.25) is 0 Å². The van der Waals surface area contributed by atoms with Gasteiger partial charge in [0.05, 0.1) is 5.56 Å². The molecule has 0 saturated carbocycles. The summed E-state index contributed by atoms with van der Waals surface area (Å²) in [7, 11) is 0. The van der Waals surface area contributed by atoms with Crippen LogP contribution in [0.4, 0.5) is 4.39 Å². The summed E-state index contributed by atoms with van der Waals surface area (Å²) in [5.74, 6) is -0.929. The molecule has 0 spiro atoms. The minimum absolute atomic E-state index is 0.0417. The molecule has 0 aliphatic carbocycles. The molecule has 0 N–H and O–H groups in total. The van der Waals surface area contributed by atoms with Crippen molar-refractivity contribution < 1.29 is 13.9 Å². The number of esters is 1. The Bertz CT molecular complexity index is 567. The fourth-order valence-electron chi connectivity index (χ4n) is 1.31. The summed E-state index contributed by atoms with van der Waals surface area (Å²) < 4.78 is 19.1. The van der Waals surface area contributed by atoms with Gasteiger partial charge in [-0.3, -0.25) is 25.8 Å². The summed E-state index contributed by atoms with van der Waals surface area (Å²) >= 11 is 9.56. The molecule has 0 fully saturated rings. The lowest BCUT2D eigenvalue weighted by atomic mass is 10.2. The maximum Gasteiger partial charge on any atom is 0.560 e. The molecule has 0 amide bonds. The van der Waals surface area contributed by atoms with Crippen molar-refractivity contribution in [3.8, 4) is 5.75 Å². The molecular formula is C13H8Br3FMgO2. The minimum atomic E-state index is -0.707. The number of ether oxygens (including phenoxy) is 1. The maximum absolute atomic E-state index is 13.5. The summed E-state index contributed by atoms with van der Waals surface area (Å²) in [6.07, 6.45) is 0. The van der Waals surface area contributed by atoms with Crippen molar-refractivity contribution in [3.05, 3.63) is 64.4 Å². The van der Waals surface area contributed by atoms with E-state index in [1.165, 1.54) is 12.1 Å². The fraction of sp³-hybridized carbons (Fsp3) is 0. The predicted octanol–water partition coefficient (Wildman–Crippen LogP) is 5.12. The van der Waals surface area contributed by atoms with Gasteiger partial charge in [0.15, 0.2) is 0 Å². The highest BCUT2D eigenvalue weighted by molar-refractivity contribution is 9.47.